The second-order valence-electron chi connectivity index (χ2n) is 7.71. The molecular formula is C24H18N4O2S. The number of carbonyl (C=O) groups is 1. The topological polar surface area (TPSA) is 73.3 Å². The highest BCUT2D eigenvalue weighted by Gasteiger charge is 2.30. The Morgan fingerprint density at radius 3 is 2.84 bits per heavy atom. The van der Waals surface area contributed by atoms with Crippen molar-refractivity contribution in [1.29, 1.82) is 0 Å². The summed E-state index contributed by atoms with van der Waals surface area (Å²) in [6.07, 6.45) is 4.50. The van der Waals surface area contributed by atoms with Crippen LogP contribution in [0.5, 0.6) is 0 Å². The normalized spacial score (nSPS) is 16.1. The molecule has 0 unspecified atom stereocenters. The fraction of sp³-hybridized carbons (Fsp3) is 0.167. The molecule has 6 rings (SSSR count). The molecule has 0 aliphatic heterocycles. The highest BCUT2D eigenvalue weighted by Crippen LogP contribution is 2.32. The smallest absolute Gasteiger partial charge is 0.253 e. The van der Waals surface area contributed by atoms with Gasteiger partial charge in [-0.05, 0) is 28.5 Å². The zero-order valence-corrected chi connectivity index (χ0v) is 17.4. The summed E-state index contributed by atoms with van der Waals surface area (Å²) >= 11 is 1.57. The third-order valence-electron chi connectivity index (χ3n) is 5.75. The molecule has 3 aromatic heterocycles. The fourth-order valence-electron chi connectivity index (χ4n) is 4.21. The highest BCUT2D eigenvalue weighted by molar-refractivity contribution is 7.98. The van der Waals surface area contributed by atoms with Crippen LogP contribution in [0, 0.1) is 0 Å². The van der Waals surface area contributed by atoms with Gasteiger partial charge in [-0.3, -0.25) is 4.79 Å². The molecule has 7 heteroatoms. The SMILES string of the molecule is O=C1C[C@H](c2ccco2)Cc2nc3nc(SCc4cccc5ccccc45)nn3cc21. The molecule has 3 heterocycles. The molecule has 0 N–H and O–H groups in total. The van der Waals surface area contributed by atoms with Gasteiger partial charge in [-0.2, -0.15) is 4.98 Å². The lowest BCUT2D eigenvalue weighted by Crippen LogP contribution is -2.21. The number of Topliss-reactive ketones (excluding diaryl/α,β-unsaturated/α-hetero) is 1. The molecule has 0 amide bonds. The summed E-state index contributed by atoms with van der Waals surface area (Å²) in [5.41, 5.74) is 2.64. The molecule has 0 bridgehead atoms. The van der Waals surface area contributed by atoms with Crippen LogP contribution >= 0.6 is 11.8 Å². The van der Waals surface area contributed by atoms with E-state index in [1.54, 1.807) is 28.7 Å². The average molecular weight is 427 g/mol. The lowest BCUT2D eigenvalue weighted by Gasteiger charge is -2.20. The lowest BCUT2D eigenvalue weighted by molar-refractivity contribution is 0.0958. The molecule has 0 saturated heterocycles. The lowest BCUT2D eigenvalue weighted by atomic mass is 9.85. The number of benzene rings is 2. The molecule has 0 saturated carbocycles. The summed E-state index contributed by atoms with van der Waals surface area (Å²) < 4.78 is 7.14. The van der Waals surface area contributed by atoms with Crippen LogP contribution in [-0.2, 0) is 12.2 Å². The second-order valence-corrected chi connectivity index (χ2v) is 8.65. The van der Waals surface area contributed by atoms with Crippen molar-refractivity contribution in [2.24, 2.45) is 0 Å². The van der Waals surface area contributed by atoms with Gasteiger partial charge >= 0.3 is 0 Å². The molecular weight excluding hydrogens is 408 g/mol. The molecule has 6 nitrogen and oxygen atoms in total. The van der Waals surface area contributed by atoms with Crippen LogP contribution < -0.4 is 0 Å². The molecule has 1 aliphatic carbocycles. The third kappa shape index (κ3) is 3.31. The first-order valence-corrected chi connectivity index (χ1v) is 11.2. The van der Waals surface area contributed by atoms with Gasteiger partial charge in [-0.1, -0.05) is 54.2 Å². The van der Waals surface area contributed by atoms with E-state index in [4.69, 9.17) is 4.42 Å². The summed E-state index contributed by atoms with van der Waals surface area (Å²) in [5, 5.41) is 7.67. The van der Waals surface area contributed by atoms with Crippen molar-refractivity contribution in [3.05, 3.63) is 89.6 Å². The van der Waals surface area contributed by atoms with Gasteiger partial charge in [0.15, 0.2) is 5.78 Å². The van der Waals surface area contributed by atoms with Gasteiger partial charge in [0.25, 0.3) is 5.78 Å². The number of nitrogens with zero attached hydrogens (tertiary/aromatic N) is 4. The van der Waals surface area contributed by atoms with Gasteiger partial charge in [0, 0.05) is 30.7 Å². The summed E-state index contributed by atoms with van der Waals surface area (Å²) in [4.78, 5) is 22.0. The molecule has 5 aromatic rings. The van der Waals surface area contributed by atoms with E-state index in [9.17, 15) is 4.79 Å². The number of hydrogen-bond donors (Lipinski definition) is 0. The van der Waals surface area contributed by atoms with Gasteiger partial charge in [-0.25, -0.2) is 9.50 Å². The summed E-state index contributed by atoms with van der Waals surface area (Å²) in [5.74, 6) is 2.20. The average Bonchev–Trinajstić information content (AvgIpc) is 3.46. The zero-order chi connectivity index (χ0) is 20.8. The predicted octanol–water partition coefficient (Wildman–Crippen LogP) is 5.08. The fourth-order valence-corrected chi connectivity index (χ4v) is 5.04. The molecule has 0 radical (unpaired) electrons. The van der Waals surface area contributed by atoms with Crippen LogP contribution in [0.1, 0.15) is 39.7 Å². The number of ketones is 1. The van der Waals surface area contributed by atoms with Crippen molar-refractivity contribution < 1.29 is 9.21 Å². The van der Waals surface area contributed by atoms with Crippen LogP contribution in [0.15, 0.2) is 76.6 Å². The maximum absolute atomic E-state index is 12.7. The molecule has 0 spiro atoms. The maximum atomic E-state index is 12.7. The van der Waals surface area contributed by atoms with E-state index >= 15 is 0 Å². The number of aromatic nitrogens is 4. The number of hydrogen-bond acceptors (Lipinski definition) is 6. The Balaban J connectivity index is 1.28. The Morgan fingerprint density at radius 1 is 1.03 bits per heavy atom. The van der Waals surface area contributed by atoms with Crippen LogP contribution in [0.4, 0.5) is 0 Å². The summed E-state index contributed by atoms with van der Waals surface area (Å²) in [6.45, 7) is 0. The summed E-state index contributed by atoms with van der Waals surface area (Å²) in [7, 11) is 0. The van der Waals surface area contributed by atoms with Gasteiger partial charge in [0.1, 0.15) is 5.76 Å². The van der Waals surface area contributed by atoms with Gasteiger partial charge in [-0.15, -0.1) is 5.10 Å². The van der Waals surface area contributed by atoms with E-state index in [2.05, 4.69) is 51.5 Å². The molecule has 31 heavy (non-hydrogen) atoms. The van der Waals surface area contributed by atoms with Crippen LogP contribution in [-0.4, -0.2) is 25.4 Å². The van der Waals surface area contributed by atoms with E-state index in [-0.39, 0.29) is 11.7 Å². The Hall–Kier alpha value is -3.45. The second kappa shape index (κ2) is 7.35. The van der Waals surface area contributed by atoms with E-state index in [0.717, 1.165) is 17.2 Å². The standard InChI is InChI=1S/C24H18N4O2S/c29-21-12-17(22-9-4-10-30-22)11-20-19(21)13-28-23(25-20)26-24(27-28)31-14-16-7-3-6-15-5-1-2-8-18(15)16/h1-10,13,17H,11-12,14H2/t17-/m1/s1. The minimum atomic E-state index is 0.0214. The first-order valence-electron chi connectivity index (χ1n) is 10.2. The molecule has 0 fully saturated rings. The number of carbonyl (C=O) groups excluding carboxylic acids is 1. The Labute approximate surface area is 182 Å². The van der Waals surface area contributed by atoms with E-state index in [1.165, 1.54) is 16.3 Å². The summed E-state index contributed by atoms with van der Waals surface area (Å²) in [6, 6.07) is 18.5. The largest absolute Gasteiger partial charge is 0.469 e. The van der Waals surface area contributed by atoms with Crippen molar-refractivity contribution >= 4 is 34.1 Å². The third-order valence-corrected chi connectivity index (χ3v) is 6.63. The minimum absolute atomic E-state index is 0.0214. The molecule has 1 aliphatic rings. The number of fused-ring (bicyclic) bond motifs is 3. The molecule has 2 aromatic carbocycles. The van der Waals surface area contributed by atoms with Crippen LogP contribution in [0.2, 0.25) is 0 Å². The first-order chi connectivity index (χ1) is 15.2. The van der Waals surface area contributed by atoms with Crippen molar-refractivity contribution in [1.82, 2.24) is 19.6 Å². The van der Waals surface area contributed by atoms with Crippen molar-refractivity contribution in [3.8, 4) is 0 Å². The molecule has 152 valence electrons. The number of thioether (sulfide) groups is 1. The van der Waals surface area contributed by atoms with E-state index in [1.807, 2.05) is 18.2 Å². The monoisotopic (exact) mass is 426 g/mol. The Bertz CT molecular complexity index is 1420. The molecule has 1 atom stereocenters. The van der Waals surface area contributed by atoms with E-state index < -0.39 is 0 Å². The van der Waals surface area contributed by atoms with Gasteiger partial charge in [0.2, 0.25) is 5.16 Å². The van der Waals surface area contributed by atoms with Crippen LogP contribution in [0.3, 0.4) is 0 Å². The predicted molar refractivity (Wildman–Crippen MR) is 118 cm³/mol. The quantitative estimate of drug-likeness (QED) is 0.373. The number of furan rings is 1. The van der Waals surface area contributed by atoms with Crippen molar-refractivity contribution in [2.45, 2.75) is 29.7 Å². The first kappa shape index (κ1) is 18.3. The van der Waals surface area contributed by atoms with Crippen molar-refractivity contribution in [2.75, 3.05) is 0 Å². The highest BCUT2D eigenvalue weighted by atomic mass is 32.2. The van der Waals surface area contributed by atoms with Gasteiger partial charge in [0.05, 0.1) is 17.5 Å². The maximum Gasteiger partial charge on any atom is 0.253 e. The van der Waals surface area contributed by atoms with Crippen LogP contribution in [0.25, 0.3) is 16.6 Å². The number of rotatable bonds is 4. The Kier molecular flexibility index (Phi) is 4.35. The van der Waals surface area contributed by atoms with Crippen molar-refractivity contribution in [3.63, 3.8) is 0 Å². The Morgan fingerprint density at radius 2 is 1.94 bits per heavy atom. The zero-order valence-electron chi connectivity index (χ0n) is 16.6. The minimum Gasteiger partial charge on any atom is -0.469 e. The van der Waals surface area contributed by atoms with Gasteiger partial charge < -0.3 is 4.42 Å². The van der Waals surface area contributed by atoms with E-state index in [0.29, 0.717) is 29.3 Å².